The Morgan fingerprint density at radius 3 is 2.88 bits per heavy atom. The summed E-state index contributed by atoms with van der Waals surface area (Å²) in [5.74, 6) is 1.63. The number of Topliss-reactive ketones (excluding diaryl/α,β-unsaturated/α-hetero) is 1. The second-order valence-electron chi connectivity index (χ2n) is 6.37. The van der Waals surface area contributed by atoms with Crippen LogP contribution in [0.2, 0.25) is 0 Å². The van der Waals surface area contributed by atoms with Crippen LogP contribution in [0.25, 0.3) is 0 Å². The van der Waals surface area contributed by atoms with E-state index in [-0.39, 0.29) is 11.7 Å². The van der Waals surface area contributed by atoms with Gasteiger partial charge in [0.15, 0.2) is 5.78 Å². The summed E-state index contributed by atoms with van der Waals surface area (Å²) >= 11 is 0. The lowest BCUT2D eigenvalue weighted by Crippen LogP contribution is -2.21. The molecule has 1 aliphatic rings. The van der Waals surface area contributed by atoms with Gasteiger partial charge in [-0.05, 0) is 42.5 Å². The topological polar surface area (TPSA) is 68.0 Å². The number of aromatic nitrogens is 2. The molecule has 0 amide bonds. The van der Waals surface area contributed by atoms with Gasteiger partial charge >= 0.3 is 0 Å². The van der Waals surface area contributed by atoms with Gasteiger partial charge in [0.1, 0.15) is 5.76 Å². The number of anilines is 1. The fourth-order valence-electron chi connectivity index (χ4n) is 3.37. The molecule has 0 saturated heterocycles. The number of furan rings is 1. The average Bonchev–Trinajstić information content (AvgIpc) is 3.13. The Morgan fingerprint density at radius 1 is 1.20 bits per heavy atom. The summed E-state index contributed by atoms with van der Waals surface area (Å²) in [6.45, 7) is 2.60. The molecular formula is C20H19N3O2. The standard InChI is InChI=1S/C20H19N3O2/c1-13-5-2-3-7-16(13)14-9-18-17(19(24)10-14)12-22-20(23-18)21-11-15-6-4-8-25-15/h2-8,12,14H,9-11H2,1H3,(H,21,22,23). The van der Waals surface area contributed by atoms with Gasteiger partial charge in [-0.2, -0.15) is 0 Å². The number of benzene rings is 1. The number of aryl methyl sites for hydroxylation is 1. The minimum absolute atomic E-state index is 0.118. The van der Waals surface area contributed by atoms with Gasteiger partial charge in [-0.25, -0.2) is 9.97 Å². The van der Waals surface area contributed by atoms with E-state index in [1.54, 1.807) is 12.5 Å². The van der Waals surface area contributed by atoms with E-state index in [2.05, 4.69) is 34.3 Å². The molecule has 2 heterocycles. The molecule has 25 heavy (non-hydrogen) atoms. The van der Waals surface area contributed by atoms with Crippen LogP contribution in [0.15, 0.2) is 53.3 Å². The van der Waals surface area contributed by atoms with Crippen molar-refractivity contribution >= 4 is 11.7 Å². The number of fused-ring (bicyclic) bond motifs is 1. The molecule has 1 N–H and O–H groups in total. The summed E-state index contributed by atoms with van der Waals surface area (Å²) < 4.78 is 5.30. The maximum absolute atomic E-state index is 12.5. The third-order valence-electron chi connectivity index (χ3n) is 4.67. The first-order valence-electron chi connectivity index (χ1n) is 8.41. The Bertz CT molecular complexity index is 903. The summed E-state index contributed by atoms with van der Waals surface area (Å²) in [5.41, 5.74) is 3.91. The van der Waals surface area contributed by atoms with Crippen LogP contribution >= 0.6 is 0 Å². The number of hydrogen-bond acceptors (Lipinski definition) is 5. The van der Waals surface area contributed by atoms with Crippen molar-refractivity contribution < 1.29 is 9.21 Å². The fourth-order valence-corrected chi connectivity index (χ4v) is 3.37. The first kappa shape index (κ1) is 15.6. The van der Waals surface area contributed by atoms with Crippen LogP contribution in [0.4, 0.5) is 5.95 Å². The van der Waals surface area contributed by atoms with Crippen LogP contribution in [0.5, 0.6) is 0 Å². The average molecular weight is 333 g/mol. The molecule has 1 atom stereocenters. The molecule has 2 aromatic heterocycles. The molecule has 0 bridgehead atoms. The second kappa shape index (κ2) is 6.51. The van der Waals surface area contributed by atoms with Gasteiger partial charge in [-0.3, -0.25) is 4.79 Å². The van der Waals surface area contributed by atoms with E-state index in [1.807, 2.05) is 24.3 Å². The van der Waals surface area contributed by atoms with Gasteiger partial charge < -0.3 is 9.73 Å². The van der Waals surface area contributed by atoms with E-state index >= 15 is 0 Å². The van der Waals surface area contributed by atoms with Gasteiger partial charge in [0.05, 0.1) is 24.1 Å². The predicted octanol–water partition coefficient (Wildman–Crippen LogP) is 3.90. The Morgan fingerprint density at radius 2 is 2.08 bits per heavy atom. The summed E-state index contributed by atoms with van der Waals surface area (Å²) in [4.78, 5) is 21.4. The highest BCUT2D eigenvalue weighted by Crippen LogP contribution is 2.33. The van der Waals surface area contributed by atoms with E-state index in [4.69, 9.17) is 4.42 Å². The van der Waals surface area contributed by atoms with E-state index in [1.165, 1.54) is 11.1 Å². The lowest BCUT2D eigenvalue weighted by molar-refractivity contribution is 0.0962. The van der Waals surface area contributed by atoms with Crippen molar-refractivity contribution in [1.29, 1.82) is 0 Å². The lowest BCUT2D eigenvalue weighted by atomic mass is 9.81. The highest BCUT2D eigenvalue weighted by molar-refractivity contribution is 5.98. The normalized spacial score (nSPS) is 16.5. The van der Waals surface area contributed by atoms with Gasteiger partial charge in [-0.1, -0.05) is 24.3 Å². The highest BCUT2D eigenvalue weighted by Gasteiger charge is 2.28. The van der Waals surface area contributed by atoms with Crippen molar-refractivity contribution in [3.63, 3.8) is 0 Å². The zero-order valence-corrected chi connectivity index (χ0v) is 14.0. The molecule has 1 aliphatic carbocycles. The third kappa shape index (κ3) is 3.18. The Labute approximate surface area is 146 Å². The van der Waals surface area contributed by atoms with Crippen molar-refractivity contribution in [2.24, 2.45) is 0 Å². The number of rotatable bonds is 4. The predicted molar refractivity (Wildman–Crippen MR) is 94.6 cm³/mol. The van der Waals surface area contributed by atoms with E-state index < -0.39 is 0 Å². The van der Waals surface area contributed by atoms with Crippen LogP contribution in [0.3, 0.4) is 0 Å². The Balaban J connectivity index is 1.57. The monoisotopic (exact) mass is 333 g/mol. The summed E-state index contributed by atoms with van der Waals surface area (Å²) in [7, 11) is 0. The number of carbonyl (C=O) groups is 1. The van der Waals surface area contributed by atoms with Gasteiger partial charge in [0.25, 0.3) is 0 Å². The minimum atomic E-state index is 0.118. The van der Waals surface area contributed by atoms with Crippen LogP contribution in [0, 0.1) is 6.92 Å². The number of ketones is 1. The van der Waals surface area contributed by atoms with Crippen molar-refractivity contribution in [1.82, 2.24) is 9.97 Å². The number of hydrogen-bond donors (Lipinski definition) is 1. The first-order valence-corrected chi connectivity index (χ1v) is 8.41. The number of carbonyl (C=O) groups excluding carboxylic acids is 1. The minimum Gasteiger partial charge on any atom is -0.467 e. The largest absolute Gasteiger partial charge is 0.467 e. The molecule has 0 spiro atoms. The summed E-state index contributed by atoms with van der Waals surface area (Å²) in [5, 5.41) is 3.15. The van der Waals surface area contributed by atoms with Crippen LogP contribution in [0.1, 0.15) is 45.3 Å². The van der Waals surface area contributed by atoms with Crippen molar-refractivity contribution in [2.45, 2.75) is 32.2 Å². The molecule has 0 fully saturated rings. The highest BCUT2D eigenvalue weighted by atomic mass is 16.3. The van der Waals surface area contributed by atoms with Gasteiger partial charge in [0.2, 0.25) is 5.95 Å². The second-order valence-corrected chi connectivity index (χ2v) is 6.37. The SMILES string of the molecule is Cc1ccccc1C1CC(=O)c2cnc(NCc3ccco3)nc2C1. The van der Waals surface area contributed by atoms with Crippen molar-refractivity contribution in [3.05, 3.63) is 77.0 Å². The Hall–Kier alpha value is -2.95. The number of nitrogens with zero attached hydrogens (tertiary/aromatic N) is 2. The maximum Gasteiger partial charge on any atom is 0.223 e. The van der Waals surface area contributed by atoms with E-state index in [9.17, 15) is 4.79 Å². The quantitative estimate of drug-likeness (QED) is 0.784. The molecule has 4 rings (SSSR count). The van der Waals surface area contributed by atoms with Gasteiger partial charge in [-0.15, -0.1) is 0 Å². The van der Waals surface area contributed by atoms with Crippen LogP contribution < -0.4 is 5.32 Å². The molecule has 0 aliphatic heterocycles. The molecule has 1 unspecified atom stereocenters. The lowest BCUT2D eigenvalue weighted by Gasteiger charge is -2.24. The van der Waals surface area contributed by atoms with Crippen molar-refractivity contribution in [3.8, 4) is 0 Å². The summed E-state index contributed by atoms with van der Waals surface area (Å²) in [6, 6.07) is 12.0. The molecular weight excluding hydrogens is 314 g/mol. The molecule has 0 saturated carbocycles. The zero-order valence-electron chi connectivity index (χ0n) is 14.0. The zero-order chi connectivity index (χ0) is 17.2. The smallest absolute Gasteiger partial charge is 0.223 e. The van der Waals surface area contributed by atoms with Crippen molar-refractivity contribution in [2.75, 3.05) is 5.32 Å². The Kier molecular flexibility index (Phi) is 4.06. The molecule has 1 aromatic carbocycles. The first-order chi connectivity index (χ1) is 12.2. The summed E-state index contributed by atoms with van der Waals surface area (Å²) in [6.07, 6.45) is 4.55. The molecule has 5 nitrogen and oxygen atoms in total. The molecule has 126 valence electrons. The fraction of sp³-hybridized carbons (Fsp3) is 0.250. The maximum atomic E-state index is 12.5. The molecule has 3 aromatic rings. The number of nitrogens with one attached hydrogen (secondary N) is 1. The van der Waals surface area contributed by atoms with Crippen LogP contribution in [-0.2, 0) is 13.0 Å². The van der Waals surface area contributed by atoms with Gasteiger partial charge in [0, 0.05) is 12.6 Å². The van der Waals surface area contributed by atoms with Crippen LogP contribution in [-0.4, -0.2) is 15.8 Å². The molecule has 0 radical (unpaired) electrons. The van der Waals surface area contributed by atoms with E-state index in [0.29, 0.717) is 24.5 Å². The molecule has 5 heteroatoms. The van der Waals surface area contributed by atoms with E-state index in [0.717, 1.165) is 17.9 Å². The third-order valence-corrected chi connectivity index (χ3v) is 4.67.